The number of aromatic hydroxyl groups is 1. The van der Waals surface area contributed by atoms with Crippen LogP contribution in [0.4, 0.5) is 4.79 Å². The molecule has 0 radical (unpaired) electrons. The van der Waals surface area contributed by atoms with Gasteiger partial charge in [0.25, 0.3) is 0 Å². The molecule has 0 unspecified atom stereocenters. The molecular weight excluding hydrogens is 354 g/mol. The van der Waals surface area contributed by atoms with Crippen molar-refractivity contribution in [3.05, 3.63) is 28.4 Å². The summed E-state index contributed by atoms with van der Waals surface area (Å²) in [6, 6.07) is 4.24. The number of carbonyl (C=O) groups is 2. The van der Waals surface area contributed by atoms with Gasteiger partial charge in [0.2, 0.25) is 0 Å². The Morgan fingerprint density at radius 1 is 1.32 bits per heavy atom. The number of hydrogen-bond donors (Lipinski definition) is 2. The number of hydrogen-bond acceptors (Lipinski definition) is 4. The number of rotatable bonds is 2. The molecule has 7 heteroatoms. The number of carbonyl (C=O) groups excluding carboxylic acids is 1. The van der Waals surface area contributed by atoms with E-state index in [2.05, 4.69) is 15.9 Å². The van der Waals surface area contributed by atoms with Crippen LogP contribution in [0.2, 0.25) is 0 Å². The van der Waals surface area contributed by atoms with Gasteiger partial charge in [-0.1, -0.05) is 20.8 Å². The minimum atomic E-state index is -1.33. The fraction of sp³-hybridized carbons (Fsp3) is 0.333. The molecular formula is C15H16BrNO5. The smallest absolute Gasteiger partial charge is 0.416 e. The Balaban J connectivity index is 2.57. The Labute approximate surface area is 135 Å². The van der Waals surface area contributed by atoms with Crippen molar-refractivity contribution in [2.75, 3.05) is 6.61 Å². The van der Waals surface area contributed by atoms with Gasteiger partial charge < -0.3 is 14.9 Å². The number of nitrogens with zero attached hydrogens (tertiary/aromatic N) is 1. The van der Waals surface area contributed by atoms with E-state index in [1.54, 1.807) is 0 Å². The molecule has 118 valence electrons. The van der Waals surface area contributed by atoms with E-state index in [0.717, 1.165) is 4.57 Å². The van der Waals surface area contributed by atoms with Crippen molar-refractivity contribution in [2.24, 2.45) is 5.41 Å². The molecule has 0 saturated carbocycles. The highest BCUT2D eigenvalue weighted by Crippen LogP contribution is 2.33. The molecule has 1 heterocycles. The monoisotopic (exact) mass is 369 g/mol. The van der Waals surface area contributed by atoms with Crippen molar-refractivity contribution < 1.29 is 24.5 Å². The number of esters is 1. The summed E-state index contributed by atoms with van der Waals surface area (Å²) in [7, 11) is 0. The number of carboxylic acid groups (broad SMARTS) is 1. The van der Waals surface area contributed by atoms with Gasteiger partial charge in [-0.05, 0) is 33.5 Å². The zero-order chi connectivity index (χ0) is 16.7. The van der Waals surface area contributed by atoms with E-state index in [0.29, 0.717) is 9.86 Å². The molecule has 0 aliphatic carbocycles. The van der Waals surface area contributed by atoms with Crippen molar-refractivity contribution in [3.8, 4) is 5.75 Å². The highest BCUT2D eigenvalue weighted by Gasteiger charge is 2.27. The number of ether oxygens (including phenoxy) is 1. The number of halogens is 1. The minimum absolute atomic E-state index is 0.0883. The van der Waals surface area contributed by atoms with Gasteiger partial charge in [-0.2, -0.15) is 0 Å². The second-order valence-electron chi connectivity index (χ2n) is 6.12. The van der Waals surface area contributed by atoms with Gasteiger partial charge in [0.05, 0.1) is 16.6 Å². The largest absolute Gasteiger partial charge is 0.508 e. The van der Waals surface area contributed by atoms with Gasteiger partial charge in [-0.25, -0.2) is 14.2 Å². The molecule has 0 spiro atoms. The fourth-order valence-corrected chi connectivity index (χ4v) is 2.64. The summed E-state index contributed by atoms with van der Waals surface area (Å²) in [4.78, 5) is 23.8. The highest BCUT2D eigenvalue weighted by molar-refractivity contribution is 9.10. The van der Waals surface area contributed by atoms with Crippen LogP contribution >= 0.6 is 15.9 Å². The van der Waals surface area contributed by atoms with Gasteiger partial charge in [0, 0.05) is 11.5 Å². The van der Waals surface area contributed by atoms with Gasteiger partial charge >= 0.3 is 12.1 Å². The molecule has 6 nitrogen and oxygen atoms in total. The van der Waals surface area contributed by atoms with E-state index >= 15 is 0 Å². The second-order valence-corrected chi connectivity index (χ2v) is 6.91. The third-order valence-corrected chi connectivity index (χ3v) is 3.71. The van der Waals surface area contributed by atoms with Crippen LogP contribution in [0.5, 0.6) is 5.75 Å². The average Bonchev–Trinajstić information content (AvgIpc) is 2.68. The molecule has 0 amide bonds. The first-order valence-electron chi connectivity index (χ1n) is 6.55. The lowest BCUT2D eigenvalue weighted by atomic mass is 9.99. The molecule has 0 fully saturated rings. The molecule has 0 aliphatic rings. The molecule has 22 heavy (non-hydrogen) atoms. The van der Waals surface area contributed by atoms with Crippen LogP contribution in [-0.4, -0.2) is 33.4 Å². The van der Waals surface area contributed by atoms with Crippen LogP contribution in [0.15, 0.2) is 22.7 Å². The number of phenols is 1. The standard InChI is InChI=1S/C15H16BrNO5/c1-15(2,3)7-22-13(19)12-11(16)9-5-4-8(18)6-10(9)17(12)14(20)21/h4-6,18H,7H2,1-3H3,(H,20,21). The van der Waals surface area contributed by atoms with E-state index < -0.39 is 12.1 Å². The van der Waals surface area contributed by atoms with Crippen molar-refractivity contribution >= 4 is 38.9 Å². The first kappa shape index (κ1) is 16.4. The van der Waals surface area contributed by atoms with Crippen LogP contribution in [0.3, 0.4) is 0 Å². The Hall–Kier alpha value is -2.02. The zero-order valence-electron chi connectivity index (χ0n) is 12.4. The van der Waals surface area contributed by atoms with Crippen molar-refractivity contribution in [1.82, 2.24) is 4.57 Å². The highest BCUT2D eigenvalue weighted by atomic mass is 79.9. The summed E-state index contributed by atoms with van der Waals surface area (Å²) >= 11 is 3.25. The molecule has 1 aromatic heterocycles. The molecule has 0 saturated heterocycles. The summed E-state index contributed by atoms with van der Waals surface area (Å²) in [6.07, 6.45) is -1.33. The maximum atomic E-state index is 12.3. The zero-order valence-corrected chi connectivity index (χ0v) is 14.0. The summed E-state index contributed by atoms with van der Waals surface area (Å²) < 4.78 is 6.34. The lowest BCUT2D eigenvalue weighted by Gasteiger charge is -2.18. The van der Waals surface area contributed by atoms with Crippen molar-refractivity contribution in [2.45, 2.75) is 20.8 Å². The molecule has 0 bridgehead atoms. The summed E-state index contributed by atoms with van der Waals surface area (Å²) in [5.74, 6) is -0.825. The SMILES string of the molecule is CC(C)(C)COC(=O)c1c(Br)c2ccc(O)cc2n1C(=O)O. The topological polar surface area (TPSA) is 88.8 Å². The first-order chi connectivity index (χ1) is 10.1. The van der Waals surface area contributed by atoms with Crippen LogP contribution in [-0.2, 0) is 4.74 Å². The third-order valence-electron chi connectivity index (χ3n) is 2.91. The van der Waals surface area contributed by atoms with Crippen molar-refractivity contribution in [3.63, 3.8) is 0 Å². The van der Waals surface area contributed by atoms with Crippen molar-refractivity contribution in [1.29, 1.82) is 0 Å². The molecule has 0 aliphatic heterocycles. The van der Waals surface area contributed by atoms with Gasteiger partial charge in [-0.3, -0.25) is 0 Å². The maximum Gasteiger partial charge on any atom is 0.416 e. The molecule has 0 atom stereocenters. The Morgan fingerprint density at radius 3 is 2.50 bits per heavy atom. The second kappa shape index (κ2) is 5.64. The lowest BCUT2D eigenvalue weighted by molar-refractivity contribution is 0.0354. The first-order valence-corrected chi connectivity index (χ1v) is 7.34. The molecule has 1 aromatic carbocycles. The van der Waals surface area contributed by atoms with Crippen LogP contribution < -0.4 is 0 Å². The van der Waals surface area contributed by atoms with Gasteiger partial charge in [-0.15, -0.1) is 0 Å². The summed E-state index contributed by atoms with van der Waals surface area (Å²) in [5, 5.41) is 19.4. The Kier molecular flexibility index (Phi) is 4.19. The summed E-state index contributed by atoms with van der Waals surface area (Å²) in [6.45, 7) is 5.87. The quantitative estimate of drug-likeness (QED) is 0.785. The van der Waals surface area contributed by atoms with E-state index in [-0.39, 0.29) is 29.0 Å². The molecule has 2 N–H and O–H groups in total. The number of fused-ring (bicyclic) bond motifs is 1. The van der Waals surface area contributed by atoms with E-state index in [4.69, 9.17) is 4.74 Å². The van der Waals surface area contributed by atoms with Crippen LogP contribution in [0, 0.1) is 5.41 Å². The Bertz CT molecular complexity index is 757. The van der Waals surface area contributed by atoms with Gasteiger partial charge in [0.1, 0.15) is 5.75 Å². The number of benzene rings is 1. The Morgan fingerprint density at radius 2 is 1.95 bits per heavy atom. The molecule has 2 aromatic rings. The van der Waals surface area contributed by atoms with Gasteiger partial charge in [0.15, 0.2) is 5.69 Å². The maximum absolute atomic E-state index is 12.3. The summed E-state index contributed by atoms with van der Waals surface area (Å²) in [5.41, 5.74) is -0.139. The minimum Gasteiger partial charge on any atom is -0.508 e. The van der Waals surface area contributed by atoms with Crippen LogP contribution in [0.1, 0.15) is 31.3 Å². The number of aromatic nitrogens is 1. The third kappa shape index (κ3) is 3.09. The predicted molar refractivity (Wildman–Crippen MR) is 84.5 cm³/mol. The average molecular weight is 370 g/mol. The fourth-order valence-electron chi connectivity index (χ4n) is 1.97. The van der Waals surface area contributed by atoms with E-state index in [9.17, 15) is 19.8 Å². The van der Waals surface area contributed by atoms with E-state index in [1.807, 2.05) is 20.8 Å². The lowest BCUT2D eigenvalue weighted by Crippen LogP contribution is -2.22. The number of phenolic OH excluding ortho intramolecular Hbond substituents is 1. The normalized spacial score (nSPS) is 11.6. The predicted octanol–water partition coefficient (Wildman–Crippen LogP) is 3.84. The van der Waals surface area contributed by atoms with E-state index in [1.165, 1.54) is 18.2 Å². The molecule has 2 rings (SSSR count). The van der Waals surface area contributed by atoms with Crippen LogP contribution in [0.25, 0.3) is 10.9 Å².